The van der Waals surface area contributed by atoms with Gasteiger partial charge in [-0.2, -0.15) is 0 Å². The van der Waals surface area contributed by atoms with E-state index in [2.05, 4.69) is 18.8 Å². The van der Waals surface area contributed by atoms with Gasteiger partial charge in [0.2, 0.25) is 0 Å². The normalized spacial score (nSPS) is 11.4. The smallest absolute Gasteiger partial charge is 0.148 e. The van der Waals surface area contributed by atoms with Crippen LogP contribution in [0.5, 0.6) is 0 Å². The zero-order chi connectivity index (χ0) is 10.3. The quantitative estimate of drug-likeness (QED) is 0.670. The Hall–Kier alpha value is -1.51. The van der Waals surface area contributed by atoms with Gasteiger partial charge < -0.3 is 10.7 Å². The van der Waals surface area contributed by atoms with E-state index in [4.69, 9.17) is 5.73 Å². The highest BCUT2D eigenvalue weighted by Crippen LogP contribution is 2.24. The van der Waals surface area contributed by atoms with E-state index in [9.17, 15) is 4.39 Å². The van der Waals surface area contributed by atoms with Gasteiger partial charge in [-0.25, -0.2) is 4.39 Å². The summed E-state index contributed by atoms with van der Waals surface area (Å²) in [5.74, 6) is 0.0429. The molecule has 0 radical (unpaired) electrons. The molecule has 74 valence electrons. The van der Waals surface area contributed by atoms with Gasteiger partial charge in [-0.1, -0.05) is 13.8 Å². The minimum Gasteiger partial charge on any atom is -0.396 e. The fourth-order valence-corrected chi connectivity index (χ4v) is 1.51. The number of rotatable bonds is 1. The number of hydrogen-bond acceptors (Lipinski definition) is 1. The summed E-state index contributed by atoms with van der Waals surface area (Å²) in [5, 5.41) is 0.965. The predicted molar refractivity (Wildman–Crippen MR) is 56.8 cm³/mol. The highest BCUT2D eigenvalue weighted by atomic mass is 19.1. The predicted octanol–water partition coefficient (Wildman–Crippen LogP) is 3.01. The minimum atomic E-state index is -0.366. The van der Waals surface area contributed by atoms with Crippen molar-refractivity contribution >= 4 is 16.6 Å². The second-order valence-electron chi connectivity index (χ2n) is 3.84. The first kappa shape index (κ1) is 9.06. The summed E-state index contributed by atoms with van der Waals surface area (Å²) in [7, 11) is 0. The van der Waals surface area contributed by atoms with Crippen molar-refractivity contribution in [3.63, 3.8) is 0 Å². The van der Waals surface area contributed by atoms with E-state index < -0.39 is 0 Å². The van der Waals surface area contributed by atoms with Crippen LogP contribution >= 0.6 is 0 Å². The molecule has 1 heterocycles. The molecule has 14 heavy (non-hydrogen) atoms. The van der Waals surface area contributed by atoms with Gasteiger partial charge >= 0.3 is 0 Å². The summed E-state index contributed by atoms with van der Waals surface area (Å²) in [6.07, 6.45) is 0. The monoisotopic (exact) mass is 192 g/mol. The first-order valence-corrected chi connectivity index (χ1v) is 4.65. The molecule has 0 aliphatic rings. The fraction of sp³-hybridized carbons (Fsp3) is 0.273. The van der Waals surface area contributed by atoms with Crippen LogP contribution in [-0.2, 0) is 0 Å². The van der Waals surface area contributed by atoms with E-state index in [-0.39, 0.29) is 11.5 Å². The van der Waals surface area contributed by atoms with E-state index in [0.717, 1.165) is 16.6 Å². The molecule has 2 rings (SSSR count). The number of anilines is 1. The number of fused-ring (bicyclic) bond motifs is 1. The van der Waals surface area contributed by atoms with Crippen molar-refractivity contribution in [1.82, 2.24) is 4.98 Å². The zero-order valence-electron chi connectivity index (χ0n) is 8.26. The number of hydrogen-bond donors (Lipinski definition) is 2. The molecule has 2 nitrogen and oxygen atoms in total. The summed E-state index contributed by atoms with van der Waals surface area (Å²) in [6, 6.07) is 5.11. The Labute approximate surface area is 81.9 Å². The third-order valence-corrected chi connectivity index (χ3v) is 2.38. The molecule has 0 aliphatic carbocycles. The molecule has 0 fully saturated rings. The third-order valence-electron chi connectivity index (χ3n) is 2.38. The van der Waals surface area contributed by atoms with Crippen molar-refractivity contribution in [2.24, 2.45) is 0 Å². The molecule has 0 atom stereocenters. The molecule has 1 aromatic carbocycles. The molecule has 2 aromatic rings. The molecule has 0 spiro atoms. The lowest BCUT2D eigenvalue weighted by molar-refractivity contribution is 0.634. The number of H-pyrrole nitrogens is 1. The van der Waals surface area contributed by atoms with Gasteiger partial charge in [-0.15, -0.1) is 0 Å². The second-order valence-corrected chi connectivity index (χ2v) is 3.84. The average Bonchev–Trinajstić information content (AvgIpc) is 2.48. The lowest BCUT2D eigenvalue weighted by Gasteiger charge is -1.97. The van der Waals surface area contributed by atoms with E-state index in [1.165, 1.54) is 6.07 Å². The van der Waals surface area contributed by atoms with Crippen LogP contribution in [-0.4, -0.2) is 4.98 Å². The van der Waals surface area contributed by atoms with Crippen LogP contribution in [0.25, 0.3) is 10.9 Å². The van der Waals surface area contributed by atoms with Crippen LogP contribution in [0, 0.1) is 5.82 Å². The van der Waals surface area contributed by atoms with Crippen LogP contribution in [0.4, 0.5) is 10.1 Å². The topological polar surface area (TPSA) is 41.8 Å². The molecular formula is C11H13FN2. The molecule has 3 heteroatoms. The Morgan fingerprint density at radius 1 is 1.29 bits per heavy atom. The van der Waals surface area contributed by atoms with Crippen molar-refractivity contribution in [1.29, 1.82) is 0 Å². The number of nitrogens with two attached hydrogens (primary N) is 1. The van der Waals surface area contributed by atoms with E-state index in [1.54, 1.807) is 6.07 Å². The standard InChI is InChI=1S/C11H13FN2/c1-6(2)10-4-7-3-9(13)8(12)5-11(7)14-10/h3-6,14H,13H2,1-2H3. The molecule has 0 unspecified atom stereocenters. The molecular weight excluding hydrogens is 179 g/mol. The molecule has 0 saturated carbocycles. The van der Waals surface area contributed by atoms with Gasteiger partial charge in [-0.05, 0) is 18.1 Å². The number of aromatic nitrogens is 1. The van der Waals surface area contributed by atoms with Crippen LogP contribution < -0.4 is 5.73 Å². The average molecular weight is 192 g/mol. The molecule has 1 aromatic heterocycles. The Morgan fingerprint density at radius 2 is 2.00 bits per heavy atom. The van der Waals surface area contributed by atoms with E-state index in [0.29, 0.717) is 5.92 Å². The van der Waals surface area contributed by atoms with Gasteiger partial charge in [0.25, 0.3) is 0 Å². The summed E-state index contributed by atoms with van der Waals surface area (Å²) in [4.78, 5) is 3.17. The molecule has 0 amide bonds. The molecule has 0 saturated heterocycles. The number of aromatic amines is 1. The fourth-order valence-electron chi connectivity index (χ4n) is 1.51. The summed E-state index contributed by atoms with van der Waals surface area (Å²) in [5.41, 5.74) is 7.59. The van der Waals surface area contributed by atoms with Gasteiger partial charge in [0, 0.05) is 22.7 Å². The summed E-state index contributed by atoms with van der Waals surface area (Å²) < 4.78 is 13.1. The Morgan fingerprint density at radius 3 is 2.64 bits per heavy atom. The summed E-state index contributed by atoms with van der Waals surface area (Å²) >= 11 is 0. The van der Waals surface area contributed by atoms with E-state index >= 15 is 0 Å². The highest BCUT2D eigenvalue weighted by molar-refractivity contribution is 5.83. The first-order chi connectivity index (χ1) is 6.58. The second kappa shape index (κ2) is 3.01. The van der Waals surface area contributed by atoms with Crippen molar-refractivity contribution in [3.05, 3.63) is 29.7 Å². The molecule has 3 N–H and O–H groups in total. The minimum absolute atomic E-state index is 0.201. The Kier molecular flexibility index (Phi) is 1.95. The van der Waals surface area contributed by atoms with Gasteiger partial charge in [-0.3, -0.25) is 0 Å². The molecule has 0 aliphatic heterocycles. The zero-order valence-corrected chi connectivity index (χ0v) is 8.26. The number of nitrogen functional groups attached to an aromatic ring is 1. The van der Waals surface area contributed by atoms with Crippen LogP contribution in [0.1, 0.15) is 25.5 Å². The third kappa shape index (κ3) is 1.35. The molecule has 0 bridgehead atoms. The lowest BCUT2D eigenvalue weighted by Crippen LogP contribution is -1.89. The SMILES string of the molecule is CC(C)c1cc2cc(N)c(F)cc2[nH]1. The lowest BCUT2D eigenvalue weighted by atomic mass is 10.1. The van der Waals surface area contributed by atoms with Crippen LogP contribution in [0.15, 0.2) is 18.2 Å². The number of benzene rings is 1. The van der Waals surface area contributed by atoms with Gasteiger partial charge in [0.1, 0.15) is 5.82 Å². The maximum absolute atomic E-state index is 13.1. The maximum atomic E-state index is 13.1. The van der Waals surface area contributed by atoms with Crippen molar-refractivity contribution in [2.75, 3.05) is 5.73 Å². The van der Waals surface area contributed by atoms with Gasteiger partial charge in [0.05, 0.1) is 5.69 Å². The van der Waals surface area contributed by atoms with Crippen molar-refractivity contribution < 1.29 is 4.39 Å². The van der Waals surface area contributed by atoms with Gasteiger partial charge in [0.15, 0.2) is 0 Å². The Balaban J connectivity index is 2.66. The number of nitrogens with one attached hydrogen (secondary N) is 1. The maximum Gasteiger partial charge on any atom is 0.148 e. The Bertz CT molecular complexity index is 432. The largest absolute Gasteiger partial charge is 0.396 e. The van der Waals surface area contributed by atoms with Crippen LogP contribution in [0.3, 0.4) is 0 Å². The highest BCUT2D eigenvalue weighted by Gasteiger charge is 2.07. The van der Waals surface area contributed by atoms with Crippen molar-refractivity contribution in [3.8, 4) is 0 Å². The number of halogens is 1. The van der Waals surface area contributed by atoms with Crippen LogP contribution in [0.2, 0.25) is 0 Å². The van der Waals surface area contributed by atoms with Crippen molar-refractivity contribution in [2.45, 2.75) is 19.8 Å². The first-order valence-electron chi connectivity index (χ1n) is 4.65. The van der Waals surface area contributed by atoms with E-state index in [1.807, 2.05) is 6.07 Å². The summed E-state index contributed by atoms with van der Waals surface area (Å²) in [6.45, 7) is 4.18.